The number of amides is 2. The summed E-state index contributed by atoms with van der Waals surface area (Å²) in [6.45, 7) is 7.07. The van der Waals surface area contributed by atoms with Crippen LogP contribution in [0.4, 0.5) is 9.59 Å². The molecule has 56 heavy (non-hydrogen) atoms. The summed E-state index contributed by atoms with van der Waals surface area (Å²) in [5.41, 5.74) is 2.49. The van der Waals surface area contributed by atoms with Crippen LogP contribution in [0.3, 0.4) is 0 Å². The van der Waals surface area contributed by atoms with Gasteiger partial charge in [0.2, 0.25) is 5.79 Å². The summed E-state index contributed by atoms with van der Waals surface area (Å²) in [5.74, 6) is -0.933. The summed E-state index contributed by atoms with van der Waals surface area (Å²) in [7, 11) is 4.53. The van der Waals surface area contributed by atoms with Crippen molar-refractivity contribution in [1.29, 1.82) is 0 Å². The van der Waals surface area contributed by atoms with Crippen molar-refractivity contribution in [3.8, 4) is 11.5 Å². The van der Waals surface area contributed by atoms with Gasteiger partial charge in [-0.2, -0.15) is 0 Å². The van der Waals surface area contributed by atoms with Crippen molar-refractivity contribution in [2.75, 3.05) is 47.6 Å². The van der Waals surface area contributed by atoms with Gasteiger partial charge >= 0.3 is 12.2 Å². The number of carbonyl (C=O) groups excluding carboxylic acids is 2. The molecule has 3 aliphatic rings. The second-order valence-electron chi connectivity index (χ2n) is 15.5. The minimum Gasteiger partial charge on any atom is -0.459 e. The lowest BCUT2D eigenvalue weighted by molar-refractivity contribution is -0.253. The van der Waals surface area contributed by atoms with Crippen molar-refractivity contribution in [1.82, 2.24) is 10.2 Å². The fourth-order valence-corrected chi connectivity index (χ4v) is 9.12. The van der Waals surface area contributed by atoms with Gasteiger partial charge in [-0.15, -0.1) is 6.58 Å². The molecule has 6 atom stereocenters. The van der Waals surface area contributed by atoms with E-state index in [1.807, 2.05) is 12.1 Å². The van der Waals surface area contributed by atoms with E-state index in [9.17, 15) is 19.8 Å². The Morgan fingerprint density at radius 2 is 1.66 bits per heavy atom. The highest BCUT2D eigenvalue weighted by molar-refractivity contribution is 6.02. The van der Waals surface area contributed by atoms with Crippen molar-refractivity contribution in [2.45, 2.75) is 134 Å². The van der Waals surface area contributed by atoms with E-state index >= 15 is 0 Å². The van der Waals surface area contributed by atoms with E-state index in [1.54, 1.807) is 19.2 Å². The molecule has 0 aromatic heterocycles. The van der Waals surface area contributed by atoms with Gasteiger partial charge in [-0.3, -0.25) is 0 Å². The van der Waals surface area contributed by atoms with Crippen LogP contribution in [0.25, 0.3) is 0 Å². The largest absolute Gasteiger partial charge is 0.459 e. The number of likely N-dealkylation sites (N-methyl/N-ethyl adjacent to an activating group) is 1. The highest BCUT2D eigenvalue weighted by Crippen LogP contribution is 2.61. The minimum atomic E-state index is -1.37. The molecule has 4 rings (SSSR count). The smallest absolute Gasteiger partial charge is 0.412 e. The zero-order valence-electron chi connectivity index (χ0n) is 34.5. The van der Waals surface area contributed by atoms with Gasteiger partial charge in [-0.1, -0.05) is 94.9 Å². The molecule has 1 heterocycles. The van der Waals surface area contributed by atoms with Gasteiger partial charge in [0.25, 0.3) is 0 Å². The molecule has 2 aliphatic carbocycles. The van der Waals surface area contributed by atoms with Gasteiger partial charge in [-0.25, -0.2) is 9.59 Å². The molecule has 0 radical (unpaired) electrons. The second kappa shape index (κ2) is 23.6. The molecule has 0 spiro atoms. The molecule has 0 unspecified atom stereocenters. The second-order valence-corrected chi connectivity index (χ2v) is 15.5. The summed E-state index contributed by atoms with van der Waals surface area (Å²) < 4.78 is 24.9. The fourth-order valence-electron chi connectivity index (χ4n) is 9.12. The number of rotatable bonds is 25. The molecule has 0 bridgehead atoms. The zero-order valence-corrected chi connectivity index (χ0v) is 34.5. The predicted octanol–water partition coefficient (Wildman–Crippen LogP) is 8.66. The quantitative estimate of drug-likeness (QED) is 0.0503. The average molecular weight is 784 g/mol. The molecule has 1 saturated carbocycles. The highest BCUT2D eigenvalue weighted by Gasteiger charge is 2.65. The van der Waals surface area contributed by atoms with Crippen LogP contribution in [0.15, 0.2) is 47.7 Å². The van der Waals surface area contributed by atoms with E-state index < -0.39 is 29.9 Å². The third kappa shape index (κ3) is 11.5. The summed E-state index contributed by atoms with van der Waals surface area (Å²) in [6.07, 6.45) is 20.0. The number of fused-ring (bicyclic) bond motifs is 2. The van der Waals surface area contributed by atoms with Gasteiger partial charge in [0.15, 0.2) is 0 Å². The topological polar surface area (TPSA) is 148 Å². The minimum absolute atomic E-state index is 0.0507. The van der Waals surface area contributed by atoms with Gasteiger partial charge < -0.3 is 44.2 Å². The Kier molecular flexibility index (Phi) is 19.0. The maximum Gasteiger partial charge on any atom is 0.412 e. The number of aliphatic hydroxyl groups is 2. The molecule has 12 heteroatoms. The van der Waals surface area contributed by atoms with E-state index in [1.165, 1.54) is 70.5 Å². The molecule has 1 aliphatic heterocycles. The summed E-state index contributed by atoms with van der Waals surface area (Å²) >= 11 is 0. The summed E-state index contributed by atoms with van der Waals surface area (Å²) in [6, 6.07) is 4.80. The van der Waals surface area contributed by atoms with Crippen molar-refractivity contribution < 1.29 is 43.6 Å². The Balaban J connectivity index is 1.67. The number of hydrogen-bond acceptors (Lipinski definition) is 10. The summed E-state index contributed by atoms with van der Waals surface area (Å²) in [4.78, 5) is 33.2. The molecule has 3 N–H and O–H groups in total. The number of unbranched alkanes of at least 4 members (excludes halogenated alkanes) is 11. The SMILES string of the molecule is C=CCO[C@@]12Oc3ccc(OC(=O)NCCCCCCCCCCCC)cc3[C@H]3[C@H](CCCCO)[C@@H](CCCCO)C=C(C(=NOC)C[C@@H]1N(C)C(=O)OC)[C@H]32. The first kappa shape index (κ1) is 45.1. The first-order valence-electron chi connectivity index (χ1n) is 21.2. The molecular formula is C44H69N3O9. The van der Waals surface area contributed by atoms with Crippen molar-refractivity contribution in [2.24, 2.45) is 22.9 Å². The Bertz CT molecular complexity index is 1450. The molecule has 1 fully saturated rings. The number of ether oxygens (including phenoxy) is 4. The number of methoxy groups -OCH3 is 1. The van der Waals surface area contributed by atoms with E-state index in [0.717, 1.165) is 49.7 Å². The number of nitrogens with one attached hydrogen (secondary N) is 1. The standard InChI is InChI=1S/C44H69N3O9/c1-6-8-9-10-11-12-13-14-15-18-25-45-42(50)55-33-23-24-38-36(30-33)40-34(22-17-20-27-49)32(21-16-19-26-48)29-35-37(46-53-5)31-39(47(3)43(51)52-4)44(56-38,41(35)40)54-28-7-2/h7,23-24,29-30,32,34,39-41,48-49H,2,6,8-22,25-28,31H2,1,3-5H3,(H,45,50)/t32-,34+,39-,40+,41+,44+/m0/s1. The number of oxime groups is 1. The van der Waals surface area contributed by atoms with E-state index in [0.29, 0.717) is 36.6 Å². The van der Waals surface area contributed by atoms with Crippen molar-refractivity contribution in [3.63, 3.8) is 0 Å². The molecule has 0 saturated heterocycles. The molecule has 2 amide bonds. The van der Waals surface area contributed by atoms with Crippen LogP contribution in [0, 0.1) is 17.8 Å². The summed E-state index contributed by atoms with van der Waals surface area (Å²) in [5, 5.41) is 27.0. The van der Waals surface area contributed by atoms with Crippen LogP contribution in [0.5, 0.6) is 11.5 Å². The highest BCUT2D eigenvalue weighted by atomic mass is 16.7. The Labute approximate surface area is 335 Å². The van der Waals surface area contributed by atoms with Crippen LogP contribution >= 0.6 is 0 Å². The third-order valence-corrected chi connectivity index (χ3v) is 11.8. The van der Waals surface area contributed by atoms with Crippen LogP contribution in [0.1, 0.15) is 128 Å². The van der Waals surface area contributed by atoms with Crippen molar-refractivity contribution >= 4 is 17.9 Å². The molecular weight excluding hydrogens is 714 g/mol. The normalized spacial score (nSPS) is 24.3. The first-order valence-corrected chi connectivity index (χ1v) is 21.2. The maximum atomic E-state index is 13.2. The monoisotopic (exact) mass is 784 g/mol. The van der Waals surface area contributed by atoms with E-state index in [-0.39, 0.29) is 44.0 Å². The number of allylic oxidation sites excluding steroid dienone is 1. The molecule has 314 valence electrons. The lowest BCUT2D eigenvalue weighted by Crippen LogP contribution is -2.69. The van der Waals surface area contributed by atoms with E-state index in [2.05, 4.69) is 30.1 Å². The Morgan fingerprint density at radius 1 is 0.982 bits per heavy atom. The van der Waals surface area contributed by atoms with Gasteiger partial charge in [0.05, 0.1) is 25.3 Å². The number of aliphatic hydroxyl groups excluding tert-OH is 2. The van der Waals surface area contributed by atoms with Gasteiger partial charge in [0, 0.05) is 44.7 Å². The lowest BCUT2D eigenvalue weighted by atomic mass is 9.55. The maximum absolute atomic E-state index is 13.2. The van der Waals surface area contributed by atoms with Crippen LogP contribution in [0.2, 0.25) is 0 Å². The number of carbonyl (C=O) groups is 2. The number of benzene rings is 1. The van der Waals surface area contributed by atoms with Crippen LogP contribution in [-0.4, -0.2) is 92.5 Å². The van der Waals surface area contributed by atoms with Gasteiger partial charge in [0.1, 0.15) is 24.7 Å². The number of nitrogens with zero attached hydrogens (tertiary/aromatic N) is 2. The number of hydrogen-bond donors (Lipinski definition) is 3. The fraction of sp³-hybridized carbons (Fsp3) is 0.705. The van der Waals surface area contributed by atoms with Crippen molar-refractivity contribution in [3.05, 3.63) is 48.1 Å². The lowest BCUT2D eigenvalue weighted by Gasteiger charge is -2.59. The first-order chi connectivity index (χ1) is 27.3. The third-order valence-electron chi connectivity index (χ3n) is 11.8. The molecule has 12 nitrogen and oxygen atoms in total. The molecule has 1 aromatic carbocycles. The van der Waals surface area contributed by atoms with E-state index in [4.69, 9.17) is 23.8 Å². The Morgan fingerprint density at radius 3 is 2.30 bits per heavy atom. The Hall–Kier alpha value is -3.61. The van der Waals surface area contributed by atoms with Gasteiger partial charge in [-0.05, 0) is 67.7 Å². The predicted molar refractivity (Wildman–Crippen MR) is 218 cm³/mol. The van der Waals surface area contributed by atoms with Crippen LogP contribution < -0.4 is 14.8 Å². The van der Waals surface area contributed by atoms with Crippen LogP contribution in [-0.2, 0) is 14.3 Å². The average Bonchev–Trinajstić information content (AvgIpc) is 3.20. The molecule has 1 aromatic rings. The zero-order chi connectivity index (χ0) is 40.3.